The minimum atomic E-state index is -0.383. The molecule has 32 heavy (non-hydrogen) atoms. The summed E-state index contributed by atoms with van der Waals surface area (Å²) in [5.41, 5.74) is 1.74. The predicted octanol–water partition coefficient (Wildman–Crippen LogP) is 2.57. The highest BCUT2D eigenvalue weighted by atomic mass is 16.6. The van der Waals surface area contributed by atoms with Gasteiger partial charge < -0.3 is 19.3 Å². The van der Waals surface area contributed by atoms with Crippen molar-refractivity contribution in [1.29, 1.82) is 0 Å². The predicted molar refractivity (Wildman–Crippen MR) is 118 cm³/mol. The van der Waals surface area contributed by atoms with E-state index in [4.69, 9.17) is 9.47 Å². The van der Waals surface area contributed by atoms with Crippen LogP contribution in [0.2, 0.25) is 0 Å². The van der Waals surface area contributed by atoms with Crippen molar-refractivity contribution in [3.8, 4) is 0 Å². The van der Waals surface area contributed by atoms with Gasteiger partial charge >= 0.3 is 12.1 Å². The summed E-state index contributed by atoms with van der Waals surface area (Å²) in [4.78, 5) is 46.4. The first-order chi connectivity index (χ1) is 15.6. The largest absolute Gasteiger partial charge is 0.462 e. The zero-order chi connectivity index (χ0) is 22.5. The number of aromatic nitrogens is 1. The number of hydrogen-bond acceptors (Lipinski definition) is 7. The minimum absolute atomic E-state index is 0.0342. The van der Waals surface area contributed by atoms with Gasteiger partial charge in [0.05, 0.1) is 18.7 Å². The molecule has 0 atom stereocenters. The Morgan fingerprint density at radius 3 is 2.44 bits per heavy atom. The van der Waals surface area contributed by atoms with Gasteiger partial charge in [0.1, 0.15) is 12.4 Å². The molecule has 2 fully saturated rings. The number of carbonyl (C=O) groups excluding carboxylic acids is 3. The molecule has 2 saturated heterocycles. The van der Waals surface area contributed by atoms with Gasteiger partial charge in [0, 0.05) is 43.6 Å². The average molecular weight is 438 g/mol. The molecule has 0 saturated carbocycles. The molecular weight excluding hydrogens is 412 g/mol. The van der Waals surface area contributed by atoms with Crippen molar-refractivity contribution >= 4 is 29.5 Å². The highest BCUT2D eigenvalue weighted by Crippen LogP contribution is 2.21. The fraction of sp³-hybridized carbons (Fsp3) is 0.391. The molecule has 2 aliphatic heterocycles. The van der Waals surface area contributed by atoms with E-state index < -0.39 is 0 Å². The van der Waals surface area contributed by atoms with Crippen molar-refractivity contribution in [2.24, 2.45) is 0 Å². The third-order valence-corrected chi connectivity index (χ3v) is 5.55. The van der Waals surface area contributed by atoms with Crippen molar-refractivity contribution in [3.63, 3.8) is 0 Å². The van der Waals surface area contributed by atoms with Crippen LogP contribution in [0.25, 0.3) is 0 Å². The normalized spacial score (nSPS) is 16.5. The van der Waals surface area contributed by atoms with Gasteiger partial charge in [0.2, 0.25) is 0 Å². The molecular formula is C23H26N4O5. The number of esters is 1. The van der Waals surface area contributed by atoms with Gasteiger partial charge in [0.25, 0.3) is 5.91 Å². The van der Waals surface area contributed by atoms with Crippen LogP contribution < -0.4 is 9.80 Å². The number of amides is 2. The topological polar surface area (TPSA) is 92.3 Å². The fourth-order valence-electron chi connectivity index (χ4n) is 3.85. The molecule has 3 heterocycles. The number of anilines is 2. The van der Waals surface area contributed by atoms with Crippen LogP contribution in [0.5, 0.6) is 0 Å². The number of pyridine rings is 1. The van der Waals surface area contributed by atoms with E-state index in [1.54, 1.807) is 42.2 Å². The van der Waals surface area contributed by atoms with Crippen molar-refractivity contribution < 1.29 is 23.9 Å². The Kier molecular flexibility index (Phi) is 6.53. The van der Waals surface area contributed by atoms with Crippen LogP contribution in [-0.4, -0.2) is 73.8 Å². The molecule has 168 valence electrons. The van der Waals surface area contributed by atoms with Gasteiger partial charge in [0.15, 0.2) is 0 Å². The molecule has 0 spiro atoms. The van der Waals surface area contributed by atoms with Crippen LogP contribution in [-0.2, 0) is 9.47 Å². The SMILES string of the molecule is CCOC(=O)c1ccc(N2CCCN(C(=O)c3ccc(N4CCOC4=O)cc3)CC2)nc1. The van der Waals surface area contributed by atoms with Crippen LogP contribution >= 0.6 is 0 Å². The molecule has 2 aromatic rings. The number of nitrogens with zero attached hydrogens (tertiary/aromatic N) is 4. The first-order valence-corrected chi connectivity index (χ1v) is 10.8. The van der Waals surface area contributed by atoms with Gasteiger partial charge in [-0.15, -0.1) is 0 Å². The van der Waals surface area contributed by atoms with Crippen molar-refractivity contribution in [2.75, 3.05) is 55.7 Å². The van der Waals surface area contributed by atoms with E-state index in [9.17, 15) is 14.4 Å². The second kappa shape index (κ2) is 9.67. The molecule has 1 aromatic carbocycles. The quantitative estimate of drug-likeness (QED) is 0.663. The second-order valence-electron chi connectivity index (χ2n) is 7.57. The van der Waals surface area contributed by atoms with E-state index >= 15 is 0 Å². The Morgan fingerprint density at radius 2 is 1.78 bits per heavy atom. The third-order valence-electron chi connectivity index (χ3n) is 5.55. The number of rotatable bonds is 5. The first-order valence-electron chi connectivity index (χ1n) is 10.8. The van der Waals surface area contributed by atoms with Gasteiger partial charge in [-0.1, -0.05) is 0 Å². The van der Waals surface area contributed by atoms with Crippen molar-refractivity contribution in [1.82, 2.24) is 9.88 Å². The average Bonchev–Trinajstić information content (AvgIpc) is 3.10. The van der Waals surface area contributed by atoms with Gasteiger partial charge in [-0.3, -0.25) is 9.69 Å². The number of hydrogen-bond donors (Lipinski definition) is 0. The van der Waals surface area contributed by atoms with E-state index in [1.807, 2.05) is 11.0 Å². The molecule has 0 bridgehead atoms. The molecule has 0 radical (unpaired) electrons. The van der Waals surface area contributed by atoms with Crippen LogP contribution in [0.4, 0.5) is 16.3 Å². The lowest BCUT2D eigenvalue weighted by Gasteiger charge is -2.23. The van der Waals surface area contributed by atoms with Crippen LogP contribution in [0.15, 0.2) is 42.6 Å². The summed E-state index contributed by atoms with van der Waals surface area (Å²) < 4.78 is 9.96. The molecule has 9 nitrogen and oxygen atoms in total. The Morgan fingerprint density at radius 1 is 1.00 bits per heavy atom. The minimum Gasteiger partial charge on any atom is -0.462 e. The molecule has 1 aromatic heterocycles. The third kappa shape index (κ3) is 4.66. The molecule has 0 aliphatic carbocycles. The van der Waals surface area contributed by atoms with E-state index in [1.165, 1.54) is 6.20 Å². The standard InChI is InChI=1S/C23H26N4O5/c1-2-31-22(29)18-6-9-20(24-16-18)25-10-3-11-26(13-12-25)21(28)17-4-7-19(8-5-17)27-14-15-32-23(27)30/h4-9,16H,2-3,10-15H2,1H3. The Bertz CT molecular complexity index is 977. The maximum atomic E-state index is 13.0. The maximum absolute atomic E-state index is 13.0. The number of benzene rings is 1. The van der Waals surface area contributed by atoms with Gasteiger partial charge in [-0.25, -0.2) is 14.6 Å². The maximum Gasteiger partial charge on any atom is 0.414 e. The molecule has 2 amide bonds. The molecule has 0 unspecified atom stereocenters. The van der Waals surface area contributed by atoms with E-state index in [2.05, 4.69) is 9.88 Å². The summed E-state index contributed by atoms with van der Waals surface area (Å²) in [6.45, 7) is 5.62. The summed E-state index contributed by atoms with van der Waals surface area (Å²) >= 11 is 0. The zero-order valence-electron chi connectivity index (χ0n) is 18.0. The fourth-order valence-corrected chi connectivity index (χ4v) is 3.85. The van der Waals surface area contributed by atoms with Crippen LogP contribution in [0.3, 0.4) is 0 Å². The van der Waals surface area contributed by atoms with Crippen molar-refractivity contribution in [3.05, 3.63) is 53.7 Å². The van der Waals surface area contributed by atoms with Gasteiger partial charge in [-0.05, 0) is 49.7 Å². The van der Waals surface area contributed by atoms with Gasteiger partial charge in [-0.2, -0.15) is 0 Å². The smallest absolute Gasteiger partial charge is 0.414 e. The number of ether oxygens (including phenoxy) is 2. The second-order valence-corrected chi connectivity index (χ2v) is 7.57. The summed E-state index contributed by atoms with van der Waals surface area (Å²) in [5.74, 6) is 0.356. The highest BCUT2D eigenvalue weighted by Gasteiger charge is 2.25. The zero-order valence-corrected chi connectivity index (χ0v) is 18.0. The summed E-state index contributed by atoms with van der Waals surface area (Å²) in [6.07, 6.45) is 1.98. The van der Waals surface area contributed by atoms with E-state index in [0.717, 1.165) is 24.5 Å². The summed E-state index contributed by atoms with van der Waals surface area (Å²) in [5, 5.41) is 0. The molecule has 4 rings (SSSR count). The number of cyclic esters (lactones) is 1. The monoisotopic (exact) mass is 438 g/mol. The molecule has 0 N–H and O–H groups in total. The molecule has 9 heteroatoms. The lowest BCUT2D eigenvalue weighted by Crippen LogP contribution is -2.35. The van der Waals surface area contributed by atoms with Crippen LogP contribution in [0, 0.1) is 0 Å². The van der Waals surface area contributed by atoms with E-state index in [0.29, 0.717) is 50.5 Å². The lowest BCUT2D eigenvalue weighted by atomic mass is 10.1. The summed E-state index contributed by atoms with van der Waals surface area (Å²) in [7, 11) is 0. The lowest BCUT2D eigenvalue weighted by molar-refractivity contribution is 0.0525. The van der Waals surface area contributed by atoms with Crippen molar-refractivity contribution in [2.45, 2.75) is 13.3 Å². The van der Waals surface area contributed by atoms with E-state index in [-0.39, 0.29) is 18.0 Å². The summed E-state index contributed by atoms with van der Waals surface area (Å²) in [6, 6.07) is 10.6. The molecule has 2 aliphatic rings. The first kappa shape index (κ1) is 21.6. The Labute approximate surface area is 186 Å². The Hall–Kier alpha value is -3.62. The highest BCUT2D eigenvalue weighted by molar-refractivity contribution is 5.95. The number of carbonyl (C=O) groups is 3. The Balaban J connectivity index is 1.37. The van der Waals surface area contributed by atoms with Crippen LogP contribution in [0.1, 0.15) is 34.1 Å².